The van der Waals surface area contributed by atoms with E-state index in [-0.39, 0.29) is 5.91 Å². The van der Waals surface area contributed by atoms with E-state index in [0.717, 1.165) is 23.6 Å². The van der Waals surface area contributed by atoms with E-state index in [9.17, 15) is 4.79 Å². The zero-order chi connectivity index (χ0) is 16.2. The number of carbonyl (C=O) groups excluding carboxylic acids is 1. The first-order valence-electron chi connectivity index (χ1n) is 7.79. The van der Waals surface area contributed by atoms with Crippen molar-refractivity contribution < 1.29 is 14.3 Å². The Morgan fingerprint density at radius 2 is 1.48 bits per heavy atom. The third kappa shape index (κ3) is 3.31. The van der Waals surface area contributed by atoms with Crippen LogP contribution in [0.25, 0.3) is 0 Å². The normalized spacial score (nSPS) is 17.9. The van der Waals surface area contributed by atoms with Crippen molar-refractivity contribution in [2.24, 2.45) is 0 Å². The van der Waals surface area contributed by atoms with Gasteiger partial charge in [-0.25, -0.2) is 0 Å². The number of methoxy groups -OCH3 is 2. The van der Waals surface area contributed by atoms with Gasteiger partial charge in [0, 0.05) is 24.6 Å². The summed E-state index contributed by atoms with van der Waals surface area (Å²) < 4.78 is 10.4. The van der Waals surface area contributed by atoms with Crippen LogP contribution < -0.4 is 14.4 Å². The number of anilines is 1. The van der Waals surface area contributed by atoms with E-state index in [4.69, 9.17) is 9.47 Å². The van der Waals surface area contributed by atoms with Crippen molar-refractivity contribution in [2.75, 3.05) is 25.7 Å². The molecule has 23 heavy (non-hydrogen) atoms. The molecule has 0 bridgehead atoms. The monoisotopic (exact) mass is 311 g/mol. The molecule has 2 aromatic rings. The molecule has 1 saturated heterocycles. The Hall–Kier alpha value is -2.49. The summed E-state index contributed by atoms with van der Waals surface area (Å²) in [5, 5.41) is 0. The number of hydrogen-bond acceptors (Lipinski definition) is 3. The molecule has 1 aliphatic heterocycles. The van der Waals surface area contributed by atoms with Gasteiger partial charge in [-0.05, 0) is 48.4 Å². The summed E-state index contributed by atoms with van der Waals surface area (Å²) in [6.45, 7) is 0.706. The summed E-state index contributed by atoms with van der Waals surface area (Å²) in [5.74, 6) is 2.18. The van der Waals surface area contributed by atoms with Crippen LogP contribution in [-0.2, 0) is 4.79 Å². The molecule has 1 heterocycles. The van der Waals surface area contributed by atoms with Crippen LogP contribution in [0, 0.1) is 0 Å². The van der Waals surface area contributed by atoms with Gasteiger partial charge in [-0.3, -0.25) is 4.79 Å². The summed E-state index contributed by atoms with van der Waals surface area (Å²) >= 11 is 0. The molecule has 0 aromatic heterocycles. The van der Waals surface area contributed by atoms with Crippen LogP contribution in [0.15, 0.2) is 48.5 Å². The van der Waals surface area contributed by atoms with Gasteiger partial charge in [0.05, 0.1) is 14.2 Å². The standard InChI is InChI=1S/C19H21NO3/c1-22-17-8-3-14(4-9-17)15-5-12-19(21)20(13-15)16-6-10-18(23-2)11-7-16/h3-4,6-11,15H,5,12-13H2,1-2H3. The van der Waals surface area contributed by atoms with Crippen LogP contribution in [0.5, 0.6) is 11.5 Å². The second kappa shape index (κ2) is 6.73. The van der Waals surface area contributed by atoms with Crippen molar-refractivity contribution >= 4 is 11.6 Å². The number of ether oxygens (including phenoxy) is 2. The Morgan fingerprint density at radius 3 is 2.04 bits per heavy atom. The lowest BCUT2D eigenvalue weighted by atomic mass is 9.90. The van der Waals surface area contributed by atoms with E-state index >= 15 is 0 Å². The summed E-state index contributed by atoms with van der Waals surface area (Å²) in [5.41, 5.74) is 2.17. The average molecular weight is 311 g/mol. The predicted octanol–water partition coefficient (Wildman–Crippen LogP) is 3.61. The lowest BCUT2D eigenvalue weighted by molar-refractivity contribution is -0.119. The fourth-order valence-electron chi connectivity index (χ4n) is 3.01. The van der Waals surface area contributed by atoms with Gasteiger partial charge in [-0.1, -0.05) is 12.1 Å². The Labute approximate surface area is 136 Å². The largest absolute Gasteiger partial charge is 0.497 e. The lowest BCUT2D eigenvalue weighted by Crippen LogP contribution is -2.39. The molecule has 1 atom stereocenters. The molecule has 0 radical (unpaired) electrons. The molecule has 0 aliphatic carbocycles. The van der Waals surface area contributed by atoms with Gasteiger partial charge in [0.25, 0.3) is 0 Å². The highest BCUT2D eigenvalue weighted by atomic mass is 16.5. The van der Waals surface area contributed by atoms with Crippen molar-refractivity contribution in [3.05, 3.63) is 54.1 Å². The molecule has 0 saturated carbocycles. The van der Waals surface area contributed by atoms with Crippen molar-refractivity contribution in [3.63, 3.8) is 0 Å². The molecule has 1 unspecified atom stereocenters. The topological polar surface area (TPSA) is 38.8 Å². The van der Waals surface area contributed by atoms with Gasteiger partial charge < -0.3 is 14.4 Å². The first-order chi connectivity index (χ1) is 11.2. The maximum Gasteiger partial charge on any atom is 0.227 e. The molecule has 120 valence electrons. The first kappa shape index (κ1) is 15.4. The molecule has 0 N–H and O–H groups in total. The van der Waals surface area contributed by atoms with E-state index in [1.54, 1.807) is 14.2 Å². The van der Waals surface area contributed by atoms with E-state index < -0.39 is 0 Å². The number of hydrogen-bond donors (Lipinski definition) is 0. The molecular formula is C19H21NO3. The summed E-state index contributed by atoms with van der Waals surface area (Å²) in [6.07, 6.45) is 1.46. The minimum atomic E-state index is 0.180. The number of carbonyl (C=O) groups is 1. The Kier molecular flexibility index (Phi) is 4.51. The number of nitrogens with zero attached hydrogens (tertiary/aromatic N) is 1. The highest BCUT2D eigenvalue weighted by molar-refractivity contribution is 5.94. The Balaban J connectivity index is 1.78. The smallest absolute Gasteiger partial charge is 0.227 e. The van der Waals surface area contributed by atoms with Crippen LogP contribution >= 0.6 is 0 Å². The SMILES string of the molecule is COc1ccc(C2CCC(=O)N(c3ccc(OC)cc3)C2)cc1. The number of piperidine rings is 1. The van der Waals surface area contributed by atoms with Crippen LogP contribution in [0.3, 0.4) is 0 Å². The zero-order valence-corrected chi connectivity index (χ0v) is 13.5. The third-order valence-electron chi connectivity index (χ3n) is 4.38. The van der Waals surface area contributed by atoms with Crippen molar-refractivity contribution in [1.29, 1.82) is 0 Å². The molecule has 4 heteroatoms. The Morgan fingerprint density at radius 1 is 0.913 bits per heavy atom. The molecular weight excluding hydrogens is 290 g/mol. The second-order valence-corrected chi connectivity index (χ2v) is 5.71. The second-order valence-electron chi connectivity index (χ2n) is 5.71. The lowest BCUT2D eigenvalue weighted by Gasteiger charge is -2.33. The summed E-state index contributed by atoms with van der Waals surface area (Å²) in [4.78, 5) is 14.2. The highest BCUT2D eigenvalue weighted by Crippen LogP contribution is 2.32. The van der Waals surface area contributed by atoms with E-state index in [1.165, 1.54) is 5.56 Å². The van der Waals surface area contributed by atoms with E-state index in [1.807, 2.05) is 41.3 Å². The predicted molar refractivity (Wildman–Crippen MR) is 90.3 cm³/mol. The number of rotatable bonds is 4. The van der Waals surface area contributed by atoms with Gasteiger partial charge in [-0.15, -0.1) is 0 Å². The first-order valence-corrected chi connectivity index (χ1v) is 7.79. The fraction of sp³-hybridized carbons (Fsp3) is 0.316. The van der Waals surface area contributed by atoms with Crippen LogP contribution in [0.1, 0.15) is 24.3 Å². The average Bonchev–Trinajstić information content (AvgIpc) is 2.62. The van der Waals surface area contributed by atoms with E-state index in [0.29, 0.717) is 18.9 Å². The zero-order valence-electron chi connectivity index (χ0n) is 13.5. The van der Waals surface area contributed by atoms with Gasteiger partial charge in [-0.2, -0.15) is 0 Å². The van der Waals surface area contributed by atoms with Crippen LogP contribution in [0.4, 0.5) is 5.69 Å². The van der Waals surface area contributed by atoms with Crippen molar-refractivity contribution in [1.82, 2.24) is 0 Å². The molecule has 0 spiro atoms. The molecule has 1 aliphatic rings. The van der Waals surface area contributed by atoms with Gasteiger partial charge >= 0.3 is 0 Å². The number of amides is 1. The van der Waals surface area contributed by atoms with Crippen molar-refractivity contribution in [3.8, 4) is 11.5 Å². The third-order valence-corrected chi connectivity index (χ3v) is 4.38. The molecule has 3 rings (SSSR count). The maximum atomic E-state index is 12.3. The quantitative estimate of drug-likeness (QED) is 0.866. The minimum absolute atomic E-state index is 0.180. The van der Waals surface area contributed by atoms with Gasteiger partial charge in [0.2, 0.25) is 5.91 Å². The van der Waals surface area contributed by atoms with Crippen LogP contribution in [0.2, 0.25) is 0 Å². The molecule has 1 amide bonds. The highest BCUT2D eigenvalue weighted by Gasteiger charge is 2.27. The van der Waals surface area contributed by atoms with Gasteiger partial charge in [0.15, 0.2) is 0 Å². The summed E-state index contributed by atoms with van der Waals surface area (Å²) in [7, 11) is 3.31. The molecule has 2 aromatic carbocycles. The minimum Gasteiger partial charge on any atom is -0.497 e. The van der Waals surface area contributed by atoms with Crippen molar-refractivity contribution in [2.45, 2.75) is 18.8 Å². The van der Waals surface area contributed by atoms with Crippen LogP contribution in [-0.4, -0.2) is 26.7 Å². The fourth-order valence-corrected chi connectivity index (χ4v) is 3.01. The number of benzene rings is 2. The Bertz CT molecular complexity index is 664. The van der Waals surface area contributed by atoms with E-state index in [2.05, 4.69) is 12.1 Å². The molecule has 4 nitrogen and oxygen atoms in total. The maximum absolute atomic E-state index is 12.3. The molecule has 1 fully saturated rings. The van der Waals surface area contributed by atoms with Gasteiger partial charge in [0.1, 0.15) is 11.5 Å². The summed E-state index contributed by atoms with van der Waals surface area (Å²) in [6, 6.07) is 15.8.